The normalized spacial score (nSPS) is 17.7. The van der Waals surface area contributed by atoms with Gasteiger partial charge in [0.2, 0.25) is 0 Å². The molecule has 0 unspecified atom stereocenters. The second kappa shape index (κ2) is 7.64. The number of allylic oxidation sites excluding steroid dienone is 1. The lowest BCUT2D eigenvalue weighted by Crippen LogP contribution is -2.30. The average molecular weight is 426 g/mol. The number of phenols is 1. The molecule has 162 valence electrons. The zero-order valence-electron chi connectivity index (χ0n) is 18.5. The second-order valence-electron chi connectivity index (χ2n) is 8.97. The van der Waals surface area contributed by atoms with Crippen LogP contribution < -0.4 is 4.90 Å². The molecule has 2 N–H and O–H groups in total. The van der Waals surface area contributed by atoms with Crippen molar-refractivity contribution in [3.63, 3.8) is 0 Å². The Hall–Kier alpha value is -3.37. The highest BCUT2D eigenvalue weighted by Gasteiger charge is 2.34. The van der Waals surface area contributed by atoms with Crippen LogP contribution in [0.2, 0.25) is 0 Å². The largest absolute Gasteiger partial charge is 0.507 e. The van der Waals surface area contributed by atoms with Crippen LogP contribution >= 0.6 is 0 Å². The highest BCUT2D eigenvalue weighted by atomic mass is 16.3. The minimum Gasteiger partial charge on any atom is -0.507 e. The van der Waals surface area contributed by atoms with Crippen molar-refractivity contribution in [2.75, 3.05) is 18.1 Å². The maximum Gasteiger partial charge on any atom is 0.253 e. The van der Waals surface area contributed by atoms with Gasteiger partial charge in [-0.15, -0.1) is 0 Å². The van der Waals surface area contributed by atoms with E-state index in [0.717, 1.165) is 45.9 Å². The number of carbonyl (C=O) groups is 1. The summed E-state index contributed by atoms with van der Waals surface area (Å²) < 4.78 is 0. The summed E-state index contributed by atoms with van der Waals surface area (Å²) >= 11 is 0. The van der Waals surface area contributed by atoms with E-state index < -0.39 is 0 Å². The second-order valence-corrected chi connectivity index (χ2v) is 8.97. The highest BCUT2D eigenvalue weighted by molar-refractivity contribution is 6.11. The van der Waals surface area contributed by atoms with Crippen molar-refractivity contribution in [2.24, 2.45) is 0 Å². The van der Waals surface area contributed by atoms with Gasteiger partial charge >= 0.3 is 0 Å². The molecule has 0 bridgehead atoms. The van der Waals surface area contributed by atoms with Gasteiger partial charge in [0.25, 0.3) is 5.91 Å². The minimum atomic E-state index is -0.183. The Morgan fingerprint density at radius 3 is 2.69 bits per heavy atom. The molecule has 1 aliphatic carbocycles. The number of aliphatic hydroxyl groups excluding tert-OH is 1. The number of nitrogens with zero attached hydrogens (tertiary/aromatic N) is 1. The topological polar surface area (TPSA) is 60.8 Å². The first kappa shape index (κ1) is 20.5. The van der Waals surface area contributed by atoms with Gasteiger partial charge in [-0.3, -0.25) is 4.79 Å². The van der Waals surface area contributed by atoms with Gasteiger partial charge in [-0.2, -0.15) is 0 Å². The van der Waals surface area contributed by atoms with E-state index >= 15 is 0 Å². The van der Waals surface area contributed by atoms with Crippen molar-refractivity contribution in [2.45, 2.75) is 32.6 Å². The molecule has 1 aliphatic heterocycles. The first-order chi connectivity index (χ1) is 15.4. The number of anilines is 1. The fourth-order valence-corrected chi connectivity index (χ4v) is 5.17. The first-order valence-corrected chi connectivity index (χ1v) is 11.1. The van der Waals surface area contributed by atoms with Crippen molar-refractivity contribution in [3.8, 4) is 5.75 Å². The Bertz CT molecular complexity index is 1320. The van der Waals surface area contributed by atoms with E-state index in [1.807, 2.05) is 37.3 Å². The summed E-state index contributed by atoms with van der Waals surface area (Å²) in [7, 11) is 0. The first-order valence-electron chi connectivity index (χ1n) is 11.1. The predicted octanol–water partition coefficient (Wildman–Crippen LogP) is 5.34. The number of benzene rings is 3. The molecule has 0 radical (unpaired) electrons. The monoisotopic (exact) mass is 425 g/mol. The molecule has 1 amide bonds. The van der Waals surface area contributed by atoms with Crippen molar-refractivity contribution in [1.82, 2.24) is 0 Å². The standard InChI is InChI=1S/C28H27NO3/c1-16-8-9-19-10-17(2)20(12-24(16)19)11-18(3)28(32)29-14-21(15-30)27-23-7-5-4-6-22(23)26(31)13-25(27)29/h4-7,10-13,21,30-31H,1,8-9,14-15H2,2-3H3/b18-11+/t21-/m0/s1. The number of rotatable bonds is 3. The predicted molar refractivity (Wildman–Crippen MR) is 130 cm³/mol. The Morgan fingerprint density at radius 1 is 1.19 bits per heavy atom. The molecule has 2 aliphatic rings. The van der Waals surface area contributed by atoms with Gasteiger partial charge in [-0.05, 0) is 77.6 Å². The van der Waals surface area contributed by atoms with E-state index in [9.17, 15) is 15.0 Å². The molecule has 0 saturated carbocycles. The van der Waals surface area contributed by atoms with E-state index in [-0.39, 0.29) is 24.2 Å². The van der Waals surface area contributed by atoms with Gasteiger partial charge in [0.15, 0.2) is 0 Å². The van der Waals surface area contributed by atoms with E-state index in [4.69, 9.17) is 0 Å². The number of carbonyl (C=O) groups excluding carboxylic acids is 1. The maximum atomic E-state index is 13.5. The number of aliphatic hydroxyl groups is 1. The molecule has 3 aromatic rings. The number of hydrogen-bond donors (Lipinski definition) is 2. The average Bonchev–Trinajstić information content (AvgIpc) is 3.34. The molecule has 32 heavy (non-hydrogen) atoms. The quantitative estimate of drug-likeness (QED) is 0.557. The van der Waals surface area contributed by atoms with Gasteiger partial charge in [-0.25, -0.2) is 0 Å². The summed E-state index contributed by atoms with van der Waals surface area (Å²) in [6, 6.07) is 13.6. The lowest BCUT2D eigenvalue weighted by atomic mass is 9.95. The van der Waals surface area contributed by atoms with Crippen LogP contribution in [0.3, 0.4) is 0 Å². The molecule has 0 aromatic heterocycles. The van der Waals surface area contributed by atoms with Crippen LogP contribution in [-0.4, -0.2) is 29.3 Å². The Balaban J connectivity index is 1.55. The number of aryl methyl sites for hydroxylation is 2. The van der Waals surface area contributed by atoms with E-state index in [1.54, 1.807) is 11.0 Å². The summed E-state index contributed by atoms with van der Waals surface area (Å²) in [4.78, 5) is 15.2. The van der Waals surface area contributed by atoms with Crippen molar-refractivity contribution in [1.29, 1.82) is 0 Å². The Morgan fingerprint density at radius 2 is 1.94 bits per heavy atom. The summed E-state index contributed by atoms with van der Waals surface area (Å²) in [5.74, 6) is -0.154. The van der Waals surface area contributed by atoms with Gasteiger partial charge < -0.3 is 15.1 Å². The van der Waals surface area contributed by atoms with E-state index in [0.29, 0.717) is 17.8 Å². The molecule has 1 heterocycles. The third kappa shape index (κ3) is 3.14. The molecule has 3 aromatic carbocycles. The zero-order chi connectivity index (χ0) is 22.6. The minimum absolute atomic E-state index is 0.0552. The third-order valence-electron chi connectivity index (χ3n) is 6.89. The smallest absolute Gasteiger partial charge is 0.253 e. The van der Waals surface area contributed by atoms with Crippen LogP contribution in [0.5, 0.6) is 5.75 Å². The maximum absolute atomic E-state index is 13.5. The molecule has 4 heteroatoms. The summed E-state index contributed by atoms with van der Waals surface area (Å²) in [5.41, 5.74) is 8.07. The van der Waals surface area contributed by atoms with E-state index in [2.05, 4.69) is 25.6 Å². The molecular formula is C28H27NO3. The van der Waals surface area contributed by atoms with Crippen LogP contribution in [0.15, 0.2) is 54.6 Å². The molecule has 5 rings (SSSR count). The highest BCUT2D eigenvalue weighted by Crippen LogP contribution is 2.45. The van der Waals surface area contributed by atoms with Crippen LogP contribution in [0.25, 0.3) is 22.4 Å². The number of phenolic OH excluding ortho intramolecular Hbond substituents is 1. The van der Waals surface area contributed by atoms with Gasteiger partial charge in [0.1, 0.15) is 5.75 Å². The fraction of sp³-hybridized carbons (Fsp3) is 0.250. The lowest BCUT2D eigenvalue weighted by Gasteiger charge is -2.19. The zero-order valence-corrected chi connectivity index (χ0v) is 18.5. The summed E-state index contributed by atoms with van der Waals surface area (Å²) in [6.45, 7) is 8.41. The summed E-state index contributed by atoms with van der Waals surface area (Å²) in [6.07, 6.45) is 3.96. The number of fused-ring (bicyclic) bond motifs is 4. The van der Waals surface area contributed by atoms with Crippen molar-refractivity contribution >= 4 is 34.0 Å². The van der Waals surface area contributed by atoms with Crippen molar-refractivity contribution in [3.05, 3.63) is 82.4 Å². The molecule has 4 nitrogen and oxygen atoms in total. The third-order valence-corrected chi connectivity index (χ3v) is 6.89. The summed E-state index contributed by atoms with van der Waals surface area (Å²) in [5, 5.41) is 22.3. The Labute approximate surface area is 188 Å². The fourth-order valence-electron chi connectivity index (χ4n) is 5.17. The number of hydrogen-bond acceptors (Lipinski definition) is 3. The number of aromatic hydroxyl groups is 1. The molecule has 0 saturated heterocycles. The van der Waals surface area contributed by atoms with Gasteiger partial charge in [-0.1, -0.05) is 36.9 Å². The molecule has 0 fully saturated rings. The number of amides is 1. The van der Waals surface area contributed by atoms with Crippen molar-refractivity contribution < 1.29 is 15.0 Å². The molecule has 1 atom stereocenters. The van der Waals surface area contributed by atoms with Crippen LogP contribution in [0.1, 0.15) is 47.1 Å². The van der Waals surface area contributed by atoms with Gasteiger partial charge in [0.05, 0.1) is 12.3 Å². The SMILES string of the molecule is C=C1CCc2cc(C)c(/C=C(\C)C(=O)N3C[C@@H](CO)c4c3cc(O)c3ccccc43)cc21. The lowest BCUT2D eigenvalue weighted by molar-refractivity contribution is -0.115. The molecule has 0 spiro atoms. The van der Waals surface area contributed by atoms with Crippen LogP contribution in [0, 0.1) is 6.92 Å². The van der Waals surface area contributed by atoms with Crippen LogP contribution in [-0.2, 0) is 11.2 Å². The van der Waals surface area contributed by atoms with E-state index in [1.165, 1.54) is 11.1 Å². The Kier molecular flexibility index (Phi) is 4.90. The molecular weight excluding hydrogens is 398 g/mol. The van der Waals surface area contributed by atoms with Crippen LogP contribution in [0.4, 0.5) is 5.69 Å². The van der Waals surface area contributed by atoms with Gasteiger partial charge in [0, 0.05) is 29.5 Å².